The van der Waals surface area contributed by atoms with Crippen LogP contribution in [0.2, 0.25) is 0 Å². The molecule has 1 saturated heterocycles. The molecule has 0 aromatic rings. The first kappa shape index (κ1) is 13.4. The molecule has 0 spiro atoms. The lowest BCUT2D eigenvalue weighted by atomic mass is 9.70. The van der Waals surface area contributed by atoms with E-state index in [1.165, 1.54) is 11.8 Å². The maximum Gasteiger partial charge on any atom is 0.331 e. The quantitative estimate of drug-likeness (QED) is 0.800. The van der Waals surface area contributed by atoms with Crippen LogP contribution in [0.25, 0.3) is 0 Å². The lowest BCUT2D eigenvalue weighted by Gasteiger charge is -2.51. The zero-order chi connectivity index (χ0) is 12.6. The lowest BCUT2D eigenvalue weighted by Crippen LogP contribution is -2.66. The van der Waals surface area contributed by atoms with E-state index in [0.717, 1.165) is 12.2 Å². The number of carbonyl (C=O) groups is 2. The second-order valence-electron chi connectivity index (χ2n) is 4.93. The minimum Gasteiger partial charge on any atom is -0.479 e. The van der Waals surface area contributed by atoms with Crippen LogP contribution in [0, 0.1) is 5.41 Å². The van der Waals surface area contributed by atoms with Gasteiger partial charge in [0.15, 0.2) is 5.54 Å². The summed E-state index contributed by atoms with van der Waals surface area (Å²) in [5.41, 5.74) is -1.48. The molecule has 0 aromatic carbocycles. The molecule has 0 saturated carbocycles. The molecule has 0 aliphatic carbocycles. The second kappa shape index (κ2) is 4.28. The highest BCUT2D eigenvalue weighted by atomic mass is 32.2. The van der Waals surface area contributed by atoms with Gasteiger partial charge in [0.2, 0.25) is 5.91 Å². The van der Waals surface area contributed by atoms with Crippen LogP contribution < -0.4 is 0 Å². The summed E-state index contributed by atoms with van der Waals surface area (Å²) in [5, 5.41) is 9.54. The SMILES string of the molecule is CC(=O)N(C)C1(C(=O)O)CSCCC1(C)C. The van der Waals surface area contributed by atoms with Gasteiger partial charge in [-0.25, -0.2) is 4.79 Å². The van der Waals surface area contributed by atoms with Crippen LogP contribution in [-0.2, 0) is 9.59 Å². The van der Waals surface area contributed by atoms with Crippen molar-refractivity contribution in [2.24, 2.45) is 5.41 Å². The first-order valence-corrected chi connectivity index (χ1v) is 6.47. The molecule has 1 aliphatic heterocycles. The summed E-state index contributed by atoms with van der Waals surface area (Å²) in [4.78, 5) is 24.5. The minimum absolute atomic E-state index is 0.196. The summed E-state index contributed by atoms with van der Waals surface area (Å²) < 4.78 is 0. The third-order valence-electron chi connectivity index (χ3n) is 3.70. The van der Waals surface area contributed by atoms with E-state index in [4.69, 9.17) is 0 Å². The highest BCUT2D eigenvalue weighted by molar-refractivity contribution is 7.99. The van der Waals surface area contributed by atoms with Gasteiger partial charge in [0.05, 0.1) is 0 Å². The zero-order valence-electron chi connectivity index (χ0n) is 10.2. The summed E-state index contributed by atoms with van der Waals surface area (Å²) in [6.07, 6.45) is 0.807. The molecule has 1 aliphatic rings. The van der Waals surface area contributed by atoms with Crippen molar-refractivity contribution in [3.63, 3.8) is 0 Å². The number of thioether (sulfide) groups is 1. The summed E-state index contributed by atoms with van der Waals surface area (Å²) >= 11 is 1.60. The van der Waals surface area contributed by atoms with E-state index in [9.17, 15) is 14.7 Å². The molecular formula is C11H19NO3S. The molecule has 92 valence electrons. The number of rotatable bonds is 2. The van der Waals surface area contributed by atoms with Gasteiger partial charge in [-0.2, -0.15) is 11.8 Å². The third-order valence-corrected chi connectivity index (χ3v) is 4.82. The lowest BCUT2D eigenvalue weighted by molar-refractivity contribution is -0.164. The van der Waals surface area contributed by atoms with Crippen molar-refractivity contribution in [2.45, 2.75) is 32.7 Å². The van der Waals surface area contributed by atoms with Gasteiger partial charge < -0.3 is 10.0 Å². The molecule has 0 aromatic heterocycles. The number of nitrogens with zero attached hydrogens (tertiary/aromatic N) is 1. The van der Waals surface area contributed by atoms with Gasteiger partial charge in [0.25, 0.3) is 0 Å². The number of carboxylic acid groups (broad SMARTS) is 1. The molecule has 0 radical (unpaired) electrons. The number of hydrogen-bond acceptors (Lipinski definition) is 3. The topological polar surface area (TPSA) is 57.6 Å². The number of likely N-dealkylation sites (N-methyl/N-ethyl adjacent to an activating group) is 1. The predicted octanol–water partition coefficient (Wildman–Crippen LogP) is 1.45. The van der Waals surface area contributed by atoms with Crippen LogP contribution in [0.3, 0.4) is 0 Å². The summed E-state index contributed by atoms with van der Waals surface area (Å²) in [6, 6.07) is 0. The normalized spacial score (nSPS) is 28.5. The molecule has 1 N–H and O–H groups in total. The molecular weight excluding hydrogens is 226 g/mol. The van der Waals surface area contributed by atoms with Crippen LogP contribution in [0.15, 0.2) is 0 Å². The van der Waals surface area contributed by atoms with Crippen LogP contribution in [0.4, 0.5) is 0 Å². The first-order chi connectivity index (χ1) is 7.25. The molecule has 1 rings (SSSR count). The number of hydrogen-bond donors (Lipinski definition) is 1. The third kappa shape index (κ3) is 1.81. The van der Waals surface area contributed by atoms with Crippen molar-refractivity contribution in [1.82, 2.24) is 4.90 Å². The van der Waals surface area contributed by atoms with Gasteiger partial charge in [0.1, 0.15) is 0 Å². The van der Waals surface area contributed by atoms with Crippen molar-refractivity contribution in [1.29, 1.82) is 0 Å². The van der Waals surface area contributed by atoms with Crippen LogP contribution >= 0.6 is 11.8 Å². The average Bonchev–Trinajstić information content (AvgIpc) is 2.15. The fourth-order valence-corrected chi connectivity index (χ4v) is 4.07. The van der Waals surface area contributed by atoms with Gasteiger partial charge in [-0.05, 0) is 12.2 Å². The molecule has 1 unspecified atom stereocenters. The molecule has 16 heavy (non-hydrogen) atoms. The Labute approximate surface area is 100 Å². The van der Waals surface area contributed by atoms with Crippen molar-refractivity contribution in [2.75, 3.05) is 18.6 Å². The standard InChI is InChI=1S/C11H19NO3S/c1-8(13)12(4)11(9(14)15)7-16-6-5-10(11,2)3/h5-7H2,1-4H3,(H,14,15). The number of carboxylic acids is 1. The molecule has 5 heteroatoms. The number of aliphatic carboxylic acids is 1. The predicted molar refractivity (Wildman–Crippen MR) is 64.5 cm³/mol. The Bertz CT molecular complexity index is 316. The van der Waals surface area contributed by atoms with E-state index < -0.39 is 16.9 Å². The molecule has 1 atom stereocenters. The molecule has 0 bridgehead atoms. The Morgan fingerprint density at radius 1 is 1.38 bits per heavy atom. The Morgan fingerprint density at radius 2 is 1.94 bits per heavy atom. The van der Waals surface area contributed by atoms with Gasteiger partial charge in [0, 0.05) is 25.1 Å². The maximum atomic E-state index is 11.6. The summed E-state index contributed by atoms with van der Waals surface area (Å²) in [5.74, 6) is 0.319. The van der Waals surface area contributed by atoms with Crippen LogP contribution in [0.1, 0.15) is 27.2 Å². The fourth-order valence-electron chi connectivity index (χ4n) is 2.26. The Morgan fingerprint density at radius 3 is 2.31 bits per heavy atom. The van der Waals surface area contributed by atoms with E-state index >= 15 is 0 Å². The molecule has 1 fully saturated rings. The van der Waals surface area contributed by atoms with E-state index in [0.29, 0.717) is 5.75 Å². The van der Waals surface area contributed by atoms with Crippen molar-refractivity contribution < 1.29 is 14.7 Å². The highest BCUT2D eigenvalue weighted by Crippen LogP contribution is 2.45. The van der Waals surface area contributed by atoms with E-state index in [1.807, 2.05) is 13.8 Å². The Hall–Kier alpha value is -0.710. The zero-order valence-corrected chi connectivity index (χ0v) is 11.1. The smallest absolute Gasteiger partial charge is 0.331 e. The summed E-state index contributed by atoms with van der Waals surface area (Å²) in [6.45, 7) is 5.28. The molecule has 1 amide bonds. The number of amides is 1. The van der Waals surface area contributed by atoms with Crippen LogP contribution in [-0.4, -0.2) is 46.0 Å². The van der Waals surface area contributed by atoms with Crippen LogP contribution in [0.5, 0.6) is 0 Å². The van der Waals surface area contributed by atoms with Gasteiger partial charge in [-0.3, -0.25) is 4.79 Å². The Kier molecular flexibility index (Phi) is 3.57. The summed E-state index contributed by atoms with van der Waals surface area (Å²) in [7, 11) is 1.59. The maximum absolute atomic E-state index is 11.6. The second-order valence-corrected chi connectivity index (χ2v) is 6.04. The van der Waals surface area contributed by atoms with Crippen molar-refractivity contribution in [3.05, 3.63) is 0 Å². The largest absolute Gasteiger partial charge is 0.479 e. The van der Waals surface area contributed by atoms with E-state index in [1.54, 1.807) is 18.8 Å². The fraction of sp³-hybridized carbons (Fsp3) is 0.818. The molecule has 1 heterocycles. The average molecular weight is 245 g/mol. The monoisotopic (exact) mass is 245 g/mol. The first-order valence-electron chi connectivity index (χ1n) is 5.31. The highest BCUT2D eigenvalue weighted by Gasteiger charge is 2.56. The van der Waals surface area contributed by atoms with E-state index in [2.05, 4.69) is 0 Å². The van der Waals surface area contributed by atoms with Gasteiger partial charge in [-0.15, -0.1) is 0 Å². The molecule has 4 nitrogen and oxygen atoms in total. The van der Waals surface area contributed by atoms with Gasteiger partial charge in [-0.1, -0.05) is 13.8 Å². The minimum atomic E-state index is -1.08. The van der Waals surface area contributed by atoms with Gasteiger partial charge >= 0.3 is 5.97 Å². The van der Waals surface area contributed by atoms with Crippen molar-refractivity contribution in [3.8, 4) is 0 Å². The van der Waals surface area contributed by atoms with E-state index in [-0.39, 0.29) is 5.91 Å². The number of carbonyl (C=O) groups excluding carboxylic acids is 1. The Balaban J connectivity index is 3.23. The van der Waals surface area contributed by atoms with Crippen molar-refractivity contribution >= 4 is 23.6 Å².